The van der Waals surface area contributed by atoms with E-state index in [-0.39, 0.29) is 12.0 Å². The zero-order chi connectivity index (χ0) is 9.72. The number of rotatable bonds is 4. The molecule has 0 fully saturated rings. The van der Waals surface area contributed by atoms with E-state index in [4.69, 9.17) is 15.3 Å². The molecule has 0 radical (unpaired) electrons. The molecule has 3 N–H and O–H groups in total. The SMILES string of the molecule is C/C(=C\CC(O)C(C)O)C(=O)O. The lowest BCUT2D eigenvalue weighted by Gasteiger charge is -2.10. The van der Waals surface area contributed by atoms with E-state index < -0.39 is 18.2 Å². The van der Waals surface area contributed by atoms with Crippen molar-refractivity contribution in [2.45, 2.75) is 32.5 Å². The second-order valence-electron chi connectivity index (χ2n) is 2.74. The van der Waals surface area contributed by atoms with Crippen LogP contribution in [0.4, 0.5) is 0 Å². The van der Waals surface area contributed by atoms with Gasteiger partial charge in [0, 0.05) is 5.57 Å². The summed E-state index contributed by atoms with van der Waals surface area (Å²) in [6, 6.07) is 0. The van der Waals surface area contributed by atoms with Gasteiger partial charge in [-0.15, -0.1) is 0 Å². The monoisotopic (exact) mass is 174 g/mol. The van der Waals surface area contributed by atoms with Gasteiger partial charge < -0.3 is 15.3 Å². The maximum absolute atomic E-state index is 10.3. The summed E-state index contributed by atoms with van der Waals surface area (Å²) in [5.41, 5.74) is 0.176. The van der Waals surface area contributed by atoms with Gasteiger partial charge >= 0.3 is 5.97 Å². The van der Waals surface area contributed by atoms with Crippen LogP contribution in [0.3, 0.4) is 0 Å². The predicted octanol–water partition coefficient (Wildman–Crippen LogP) is 0.149. The first-order valence-corrected chi connectivity index (χ1v) is 3.71. The van der Waals surface area contributed by atoms with Crippen molar-refractivity contribution in [1.82, 2.24) is 0 Å². The summed E-state index contributed by atoms with van der Waals surface area (Å²) < 4.78 is 0. The highest BCUT2D eigenvalue weighted by Crippen LogP contribution is 2.02. The molecule has 0 aromatic carbocycles. The van der Waals surface area contributed by atoms with Crippen molar-refractivity contribution in [3.05, 3.63) is 11.6 Å². The topological polar surface area (TPSA) is 77.8 Å². The Morgan fingerprint density at radius 3 is 2.33 bits per heavy atom. The molecule has 0 spiro atoms. The van der Waals surface area contributed by atoms with Crippen molar-refractivity contribution in [3.63, 3.8) is 0 Å². The van der Waals surface area contributed by atoms with Gasteiger partial charge in [0.25, 0.3) is 0 Å². The summed E-state index contributed by atoms with van der Waals surface area (Å²) in [7, 11) is 0. The Labute approximate surface area is 71.1 Å². The van der Waals surface area contributed by atoms with Gasteiger partial charge in [0.15, 0.2) is 0 Å². The average Bonchev–Trinajstić information content (AvgIpc) is 1.98. The number of aliphatic hydroxyl groups is 2. The van der Waals surface area contributed by atoms with Crippen LogP contribution >= 0.6 is 0 Å². The second-order valence-corrected chi connectivity index (χ2v) is 2.74. The minimum atomic E-state index is -1.01. The molecule has 4 heteroatoms. The minimum absolute atomic E-state index is 0.163. The first kappa shape index (κ1) is 11.1. The van der Waals surface area contributed by atoms with Gasteiger partial charge in [-0.1, -0.05) is 6.08 Å². The highest BCUT2D eigenvalue weighted by Gasteiger charge is 2.09. The molecule has 0 bridgehead atoms. The van der Waals surface area contributed by atoms with Crippen LogP contribution in [-0.2, 0) is 4.79 Å². The number of hydrogen-bond donors (Lipinski definition) is 3. The smallest absolute Gasteiger partial charge is 0.330 e. The summed E-state index contributed by atoms with van der Waals surface area (Å²) in [6.45, 7) is 2.89. The Morgan fingerprint density at radius 1 is 1.50 bits per heavy atom. The van der Waals surface area contributed by atoms with E-state index in [0.717, 1.165) is 0 Å². The Hall–Kier alpha value is -0.870. The second kappa shape index (κ2) is 4.90. The van der Waals surface area contributed by atoms with Crippen molar-refractivity contribution in [1.29, 1.82) is 0 Å². The van der Waals surface area contributed by atoms with Crippen LogP contribution in [0.5, 0.6) is 0 Å². The fraction of sp³-hybridized carbons (Fsp3) is 0.625. The number of carbonyl (C=O) groups is 1. The molecule has 12 heavy (non-hydrogen) atoms. The minimum Gasteiger partial charge on any atom is -0.478 e. The highest BCUT2D eigenvalue weighted by atomic mass is 16.4. The van der Waals surface area contributed by atoms with Gasteiger partial charge in [-0.3, -0.25) is 0 Å². The van der Waals surface area contributed by atoms with Gasteiger partial charge in [-0.05, 0) is 20.3 Å². The van der Waals surface area contributed by atoms with E-state index in [1.165, 1.54) is 19.9 Å². The van der Waals surface area contributed by atoms with E-state index in [0.29, 0.717) is 0 Å². The summed E-state index contributed by atoms with van der Waals surface area (Å²) in [5, 5.41) is 26.3. The van der Waals surface area contributed by atoms with Crippen molar-refractivity contribution in [2.75, 3.05) is 0 Å². The Kier molecular flexibility index (Phi) is 4.54. The third kappa shape index (κ3) is 4.10. The normalized spacial score (nSPS) is 17.2. The third-order valence-corrected chi connectivity index (χ3v) is 1.56. The van der Waals surface area contributed by atoms with Crippen molar-refractivity contribution in [3.8, 4) is 0 Å². The maximum atomic E-state index is 10.3. The molecule has 0 aliphatic carbocycles. The molecule has 4 nitrogen and oxygen atoms in total. The number of carboxylic acid groups (broad SMARTS) is 1. The predicted molar refractivity (Wildman–Crippen MR) is 43.7 cm³/mol. The first-order chi connectivity index (χ1) is 5.45. The zero-order valence-corrected chi connectivity index (χ0v) is 7.19. The fourth-order valence-electron chi connectivity index (χ4n) is 0.582. The number of hydrogen-bond acceptors (Lipinski definition) is 3. The van der Waals surface area contributed by atoms with Crippen LogP contribution in [0.1, 0.15) is 20.3 Å². The van der Waals surface area contributed by atoms with Crippen molar-refractivity contribution >= 4 is 5.97 Å². The highest BCUT2D eigenvalue weighted by molar-refractivity contribution is 5.85. The van der Waals surface area contributed by atoms with Crippen LogP contribution < -0.4 is 0 Å². The summed E-state index contributed by atoms with van der Waals surface area (Å²) >= 11 is 0. The van der Waals surface area contributed by atoms with Crippen molar-refractivity contribution in [2.24, 2.45) is 0 Å². The molecule has 0 rings (SSSR count). The lowest BCUT2D eigenvalue weighted by Crippen LogP contribution is -2.21. The van der Waals surface area contributed by atoms with E-state index in [1.807, 2.05) is 0 Å². The van der Waals surface area contributed by atoms with Gasteiger partial charge in [0.05, 0.1) is 12.2 Å². The molecule has 0 saturated carbocycles. The van der Waals surface area contributed by atoms with E-state index in [2.05, 4.69) is 0 Å². The van der Waals surface area contributed by atoms with Gasteiger partial charge in [0.2, 0.25) is 0 Å². The quantitative estimate of drug-likeness (QED) is 0.530. The molecule has 0 aliphatic heterocycles. The number of aliphatic hydroxyl groups excluding tert-OH is 2. The lowest BCUT2D eigenvalue weighted by molar-refractivity contribution is -0.132. The first-order valence-electron chi connectivity index (χ1n) is 3.71. The Balaban J connectivity index is 3.96. The molecule has 0 aromatic heterocycles. The lowest BCUT2D eigenvalue weighted by atomic mass is 10.1. The van der Waals surface area contributed by atoms with E-state index in [1.54, 1.807) is 0 Å². The maximum Gasteiger partial charge on any atom is 0.330 e. The van der Waals surface area contributed by atoms with Crippen LogP contribution in [-0.4, -0.2) is 33.5 Å². The molecule has 2 atom stereocenters. The molecule has 0 saturated heterocycles. The van der Waals surface area contributed by atoms with Gasteiger partial charge in [-0.25, -0.2) is 4.79 Å². The summed E-state index contributed by atoms with van der Waals surface area (Å²) in [5.74, 6) is -1.01. The largest absolute Gasteiger partial charge is 0.478 e. The molecular formula is C8H14O4. The standard InChI is InChI=1S/C8H14O4/c1-5(8(11)12)3-4-7(10)6(2)9/h3,6-7,9-10H,4H2,1-2H3,(H,11,12)/b5-3+. The van der Waals surface area contributed by atoms with Crippen LogP contribution in [0.2, 0.25) is 0 Å². The summed E-state index contributed by atoms with van der Waals surface area (Å²) in [4.78, 5) is 10.3. The molecule has 0 amide bonds. The van der Waals surface area contributed by atoms with Gasteiger partial charge in [0.1, 0.15) is 0 Å². The van der Waals surface area contributed by atoms with Gasteiger partial charge in [-0.2, -0.15) is 0 Å². The molecule has 70 valence electrons. The molecule has 0 heterocycles. The average molecular weight is 174 g/mol. The third-order valence-electron chi connectivity index (χ3n) is 1.56. The van der Waals surface area contributed by atoms with Crippen molar-refractivity contribution < 1.29 is 20.1 Å². The molecule has 0 aliphatic rings. The van der Waals surface area contributed by atoms with Crippen LogP contribution in [0.25, 0.3) is 0 Å². The van der Waals surface area contributed by atoms with Crippen LogP contribution in [0, 0.1) is 0 Å². The zero-order valence-electron chi connectivity index (χ0n) is 7.19. The molecule has 0 aromatic rings. The number of carboxylic acids is 1. The number of aliphatic carboxylic acids is 1. The Morgan fingerprint density at radius 2 is 2.00 bits per heavy atom. The fourth-order valence-corrected chi connectivity index (χ4v) is 0.582. The van der Waals surface area contributed by atoms with E-state index >= 15 is 0 Å². The van der Waals surface area contributed by atoms with Crippen LogP contribution in [0.15, 0.2) is 11.6 Å². The molecular weight excluding hydrogens is 160 g/mol. The summed E-state index contributed by atoms with van der Waals surface area (Å²) in [6.07, 6.45) is -0.169. The Bertz CT molecular complexity index is 183. The molecule has 2 unspecified atom stereocenters. The van der Waals surface area contributed by atoms with E-state index in [9.17, 15) is 4.79 Å².